The Balaban J connectivity index is 2.29. The highest BCUT2D eigenvalue weighted by atomic mass is 16.3. The molecule has 0 unspecified atom stereocenters. The summed E-state index contributed by atoms with van der Waals surface area (Å²) in [7, 11) is 0. The van der Waals surface area contributed by atoms with Crippen molar-refractivity contribution in [3.63, 3.8) is 0 Å². The lowest BCUT2D eigenvalue weighted by Crippen LogP contribution is -1.98. The van der Waals surface area contributed by atoms with Crippen molar-refractivity contribution < 1.29 is 5.11 Å². The van der Waals surface area contributed by atoms with E-state index in [1.54, 1.807) is 0 Å². The van der Waals surface area contributed by atoms with Crippen molar-refractivity contribution in [2.75, 3.05) is 0 Å². The van der Waals surface area contributed by atoms with Crippen LogP contribution in [0.2, 0.25) is 0 Å². The fourth-order valence-electron chi connectivity index (χ4n) is 3.23. The minimum Gasteiger partial charge on any atom is -0.507 e. The molecule has 0 aliphatic carbocycles. The second-order valence-electron chi connectivity index (χ2n) is 6.27. The smallest absolute Gasteiger partial charge is 0.127 e. The Hall–Kier alpha value is -2.54. The summed E-state index contributed by atoms with van der Waals surface area (Å²) in [4.78, 5) is 0. The topological polar surface area (TPSA) is 20.2 Å². The van der Waals surface area contributed by atoms with Crippen molar-refractivity contribution in [1.82, 2.24) is 0 Å². The van der Waals surface area contributed by atoms with Gasteiger partial charge in [0.25, 0.3) is 0 Å². The van der Waals surface area contributed by atoms with Crippen molar-refractivity contribution in [2.45, 2.75) is 26.7 Å². The quantitative estimate of drug-likeness (QED) is 0.614. The van der Waals surface area contributed by atoms with Crippen LogP contribution in [0.5, 0.6) is 5.75 Å². The summed E-state index contributed by atoms with van der Waals surface area (Å²) >= 11 is 0. The summed E-state index contributed by atoms with van der Waals surface area (Å²) in [5.74, 6) is 0.651. The maximum Gasteiger partial charge on any atom is 0.127 e. The van der Waals surface area contributed by atoms with Crippen molar-refractivity contribution in [1.29, 1.82) is 0 Å². The molecule has 0 aliphatic heterocycles. The van der Waals surface area contributed by atoms with Crippen LogP contribution < -0.4 is 0 Å². The first kappa shape index (κ1) is 15.4. The Morgan fingerprint density at radius 2 is 1.30 bits per heavy atom. The third-order valence-corrected chi connectivity index (χ3v) is 4.26. The molecule has 3 aromatic rings. The summed E-state index contributed by atoms with van der Waals surface area (Å²) in [6, 6.07) is 22.6. The second kappa shape index (κ2) is 6.29. The Labute approximate surface area is 138 Å². The molecule has 1 nitrogen and oxygen atoms in total. The number of phenolic OH excluding ortho intramolecular Hbond substituents is 1. The SMILES string of the molecule is Cc1cc(-c2ccccc2)c(C(C)C)c(O)c1-c1ccccc1. The molecule has 0 saturated heterocycles. The van der Waals surface area contributed by atoms with Crippen LogP contribution in [-0.2, 0) is 0 Å². The predicted octanol–water partition coefficient (Wildman–Crippen LogP) is 6.16. The van der Waals surface area contributed by atoms with Gasteiger partial charge >= 0.3 is 0 Å². The Morgan fingerprint density at radius 1 is 0.783 bits per heavy atom. The highest BCUT2D eigenvalue weighted by Gasteiger charge is 2.19. The van der Waals surface area contributed by atoms with E-state index in [0.717, 1.165) is 33.4 Å². The number of rotatable bonds is 3. The van der Waals surface area contributed by atoms with Gasteiger partial charge in [0, 0.05) is 11.1 Å². The Morgan fingerprint density at radius 3 is 1.83 bits per heavy atom. The van der Waals surface area contributed by atoms with E-state index in [-0.39, 0.29) is 5.92 Å². The molecule has 3 rings (SSSR count). The van der Waals surface area contributed by atoms with Gasteiger partial charge < -0.3 is 5.11 Å². The summed E-state index contributed by atoms with van der Waals surface area (Å²) in [6.45, 7) is 6.33. The van der Waals surface area contributed by atoms with Crippen molar-refractivity contribution in [3.8, 4) is 28.0 Å². The van der Waals surface area contributed by atoms with E-state index in [0.29, 0.717) is 5.75 Å². The third-order valence-electron chi connectivity index (χ3n) is 4.26. The van der Waals surface area contributed by atoms with Crippen LogP contribution in [-0.4, -0.2) is 5.11 Å². The van der Waals surface area contributed by atoms with E-state index in [2.05, 4.69) is 39.0 Å². The number of aromatic hydroxyl groups is 1. The van der Waals surface area contributed by atoms with Crippen LogP contribution in [0.15, 0.2) is 66.7 Å². The molecule has 116 valence electrons. The molecule has 0 spiro atoms. The monoisotopic (exact) mass is 302 g/mol. The average Bonchev–Trinajstić information content (AvgIpc) is 2.55. The molecule has 0 fully saturated rings. The van der Waals surface area contributed by atoms with Gasteiger partial charge in [0.05, 0.1) is 0 Å². The molecule has 0 aliphatic rings. The van der Waals surface area contributed by atoms with Crippen molar-refractivity contribution in [2.24, 2.45) is 0 Å². The van der Waals surface area contributed by atoms with Crippen LogP contribution >= 0.6 is 0 Å². The van der Waals surface area contributed by atoms with Crippen molar-refractivity contribution >= 4 is 0 Å². The van der Waals surface area contributed by atoms with Gasteiger partial charge in [0.2, 0.25) is 0 Å². The normalized spacial score (nSPS) is 11.0. The van der Waals surface area contributed by atoms with Crippen molar-refractivity contribution in [3.05, 3.63) is 77.9 Å². The summed E-state index contributed by atoms with van der Waals surface area (Å²) in [6.07, 6.45) is 0. The zero-order valence-corrected chi connectivity index (χ0v) is 13.9. The predicted molar refractivity (Wildman–Crippen MR) is 97.8 cm³/mol. The van der Waals surface area contributed by atoms with Gasteiger partial charge in [0.15, 0.2) is 0 Å². The van der Waals surface area contributed by atoms with Gasteiger partial charge in [0.1, 0.15) is 5.75 Å². The minimum atomic E-state index is 0.244. The summed E-state index contributed by atoms with van der Waals surface area (Å²) in [5, 5.41) is 11.0. The first-order valence-corrected chi connectivity index (χ1v) is 8.07. The standard InChI is InChI=1S/C22H22O/c1-15(2)20-19(17-10-6-4-7-11-17)14-16(3)21(22(20)23)18-12-8-5-9-13-18/h4-15,23H,1-3H3. The van der Waals surface area contributed by atoms with E-state index in [1.807, 2.05) is 48.5 Å². The van der Waals surface area contributed by atoms with Crippen LogP contribution in [0.3, 0.4) is 0 Å². The fourth-order valence-corrected chi connectivity index (χ4v) is 3.23. The lowest BCUT2D eigenvalue weighted by atomic mass is 9.85. The largest absolute Gasteiger partial charge is 0.507 e. The first-order chi connectivity index (χ1) is 11.1. The first-order valence-electron chi connectivity index (χ1n) is 8.07. The van der Waals surface area contributed by atoms with Crippen LogP contribution in [0.1, 0.15) is 30.9 Å². The zero-order valence-electron chi connectivity index (χ0n) is 13.9. The van der Waals surface area contributed by atoms with E-state index < -0.39 is 0 Å². The number of hydrogen-bond acceptors (Lipinski definition) is 1. The number of hydrogen-bond donors (Lipinski definition) is 1. The van der Waals surface area contributed by atoms with E-state index >= 15 is 0 Å². The van der Waals surface area contributed by atoms with Gasteiger partial charge in [-0.3, -0.25) is 0 Å². The van der Waals surface area contributed by atoms with Gasteiger partial charge in [-0.1, -0.05) is 80.6 Å². The molecule has 0 amide bonds. The molecule has 0 aromatic heterocycles. The molecular weight excluding hydrogens is 280 g/mol. The molecule has 0 heterocycles. The average molecular weight is 302 g/mol. The summed E-state index contributed by atoms with van der Waals surface area (Å²) < 4.78 is 0. The minimum absolute atomic E-state index is 0.244. The Bertz CT molecular complexity index is 802. The highest BCUT2D eigenvalue weighted by molar-refractivity contribution is 5.83. The molecule has 0 bridgehead atoms. The third kappa shape index (κ3) is 2.87. The van der Waals surface area contributed by atoms with Crippen LogP contribution in [0.25, 0.3) is 22.3 Å². The highest BCUT2D eigenvalue weighted by Crippen LogP contribution is 2.44. The zero-order chi connectivity index (χ0) is 16.4. The number of aryl methyl sites for hydroxylation is 1. The summed E-state index contributed by atoms with van der Waals surface area (Å²) in [5.41, 5.74) is 6.38. The van der Waals surface area contributed by atoms with Crippen LogP contribution in [0.4, 0.5) is 0 Å². The van der Waals surface area contributed by atoms with E-state index in [9.17, 15) is 5.11 Å². The fraction of sp³-hybridized carbons (Fsp3) is 0.182. The van der Waals surface area contributed by atoms with E-state index in [4.69, 9.17) is 0 Å². The lowest BCUT2D eigenvalue weighted by molar-refractivity contribution is 0.467. The number of phenols is 1. The molecule has 0 atom stereocenters. The van der Waals surface area contributed by atoms with Gasteiger partial charge in [-0.25, -0.2) is 0 Å². The second-order valence-corrected chi connectivity index (χ2v) is 6.27. The number of benzene rings is 3. The molecule has 3 aromatic carbocycles. The molecule has 1 N–H and O–H groups in total. The van der Waals surface area contributed by atoms with Gasteiger partial charge in [-0.2, -0.15) is 0 Å². The lowest BCUT2D eigenvalue weighted by Gasteiger charge is -2.20. The maximum absolute atomic E-state index is 11.0. The van der Waals surface area contributed by atoms with Gasteiger partial charge in [-0.05, 0) is 35.1 Å². The molecule has 0 radical (unpaired) electrons. The molecule has 1 heteroatoms. The van der Waals surface area contributed by atoms with E-state index in [1.165, 1.54) is 0 Å². The van der Waals surface area contributed by atoms with Crippen LogP contribution in [0, 0.1) is 6.92 Å². The van der Waals surface area contributed by atoms with Gasteiger partial charge in [-0.15, -0.1) is 0 Å². The molecule has 23 heavy (non-hydrogen) atoms. The molecule has 0 saturated carbocycles. The Kier molecular flexibility index (Phi) is 4.20. The maximum atomic E-state index is 11.0. The molecular formula is C22H22O.